The molecule has 0 aliphatic carbocycles. The van der Waals surface area contributed by atoms with Crippen LogP contribution in [0.1, 0.15) is 50.5 Å². The Morgan fingerprint density at radius 3 is 2.56 bits per heavy atom. The number of nitrogens with one attached hydrogen (secondary N) is 2. The molecule has 25 heavy (non-hydrogen) atoms. The van der Waals surface area contributed by atoms with Crippen LogP contribution in [-0.4, -0.2) is 33.9 Å². The van der Waals surface area contributed by atoms with Crippen LogP contribution in [0.4, 0.5) is 4.79 Å². The fourth-order valence-electron chi connectivity index (χ4n) is 2.47. The second-order valence-corrected chi connectivity index (χ2v) is 6.41. The van der Waals surface area contributed by atoms with Gasteiger partial charge in [0.15, 0.2) is 5.82 Å². The summed E-state index contributed by atoms with van der Waals surface area (Å²) in [5.41, 5.74) is 1.08. The van der Waals surface area contributed by atoms with Crippen molar-refractivity contribution >= 4 is 6.03 Å². The van der Waals surface area contributed by atoms with Crippen molar-refractivity contribution in [2.75, 3.05) is 6.61 Å². The van der Waals surface area contributed by atoms with E-state index in [2.05, 4.69) is 20.8 Å². The van der Waals surface area contributed by atoms with E-state index in [0.29, 0.717) is 24.6 Å². The zero-order valence-corrected chi connectivity index (χ0v) is 14.9. The maximum Gasteiger partial charge on any atom is 0.315 e. The smallest absolute Gasteiger partial charge is 0.315 e. The maximum absolute atomic E-state index is 12.1. The number of rotatable bonds is 8. The lowest BCUT2D eigenvalue weighted by Gasteiger charge is -2.22. The SMILES string of the molecule is CC(NC(=O)NC(CCO)C(C)C)c1noc(Cc2ccccc2)n1. The monoisotopic (exact) mass is 346 g/mol. The number of hydrogen-bond acceptors (Lipinski definition) is 5. The molecule has 1 aromatic heterocycles. The van der Waals surface area contributed by atoms with Gasteiger partial charge in [-0.05, 0) is 24.8 Å². The molecule has 7 nitrogen and oxygen atoms in total. The molecule has 0 aliphatic rings. The second-order valence-electron chi connectivity index (χ2n) is 6.41. The van der Waals surface area contributed by atoms with E-state index in [1.165, 1.54) is 0 Å². The molecule has 0 fully saturated rings. The Morgan fingerprint density at radius 1 is 1.20 bits per heavy atom. The van der Waals surface area contributed by atoms with E-state index in [9.17, 15) is 4.79 Å². The first-order valence-corrected chi connectivity index (χ1v) is 8.54. The molecule has 1 aromatic carbocycles. The first-order valence-electron chi connectivity index (χ1n) is 8.54. The minimum absolute atomic E-state index is 0.0341. The van der Waals surface area contributed by atoms with Crippen molar-refractivity contribution in [3.8, 4) is 0 Å². The van der Waals surface area contributed by atoms with Crippen molar-refractivity contribution in [3.63, 3.8) is 0 Å². The van der Waals surface area contributed by atoms with Gasteiger partial charge in [0.2, 0.25) is 5.89 Å². The van der Waals surface area contributed by atoms with Gasteiger partial charge < -0.3 is 20.3 Å². The van der Waals surface area contributed by atoms with E-state index < -0.39 is 0 Å². The van der Waals surface area contributed by atoms with Crippen LogP contribution >= 0.6 is 0 Å². The van der Waals surface area contributed by atoms with Crippen LogP contribution in [-0.2, 0) is 6.42 Å². The largest absolute Gasteiger partial charge is 0.396 e. The van der Waals surface area contributed by atoms with E-state index in [1.54, 1.807) is 6.92 Å². The lowest BCUT2D eigenvalue weighted by atomic mass is 10.0. The number of carbonyl (C=O) groups excluding carboxylic acids is 1. The summed E-state index contributed by atoms with van der Waals surface area (Å²) in [6.07, 6.45) is 1.07. The normalized spacial score (nSPS) is 13.5. The molecule has 0 aliphatic heterocycles. The second kappa shape index (κ2) is 9.17. The van der Waals surface area contributed by atoms with Gasteiger partial charge >= 0.3 is 6.03 Å². The Kier molecular flexibility index (Phi) is 6.94. The van der Waals surface area contributed by atoms with Crippen molar-refractivity contribution in [3.05, 3.63) is 47.6 Å². The average Bonchev–Trinajstić information content (AvgIpc) is 3.04. The molecule has 2 rings (SSSR count). The van der Waals surface area contributed by atoms with Gasteiger partial charge in [-0.15, -0.1) is 0 Å². The topological polar surface area (TPSA) is 100 Å². The van der Waals surface area contributed by atoms with Crippen molar-refractivity contribution in [2.45, 2.75) is 45.7 Å². The molecule has 0 bridgehead atoms. The fourth-order valence-corrected chi connectivity index (χ4v) is 2.47. The molecule has 0 saturated heterocycles. The molecule has 2 aromatic rings. The molecule has 1 heterocycles. The quantitative estimate of drug-likeness (QED) is 0.681. The zero-order chi connectivity index (χ0) is 18.2. The summed E-state index contributed by atoms with van der Waals surface area (Å²) >= 11 is 0. The van der Waals surface area contributed by atoms with Gasteiger partial charge in [-0.25, -0.2) is 4.79 Å². The molecule has 0 spiro atoms. The third kappa shape index (κ3) is 5.86. The fraction of sp³-hybridized carbons (Fsp3) is 0.500. The van der Waals surface area contributed by atoms with E-state index in [-0.39, 0.29) is 30.6 Å². The lowest BCUT2D eigenvalue weighted by Crippen LogP contribution is -2.45. The lowest BCUT2D eigenvalue weighted by molar-refractivity contribution is 0.216. The maximum atomic E-state index is 12.1. The van der Waals surface area contributed by atoms with Crippen LogP contribution in [0.25, 0.3) is 0 Å². The number of aliphatic hydroxyl groups excluding tert-OH is 1. The van der Waals surface area contributed by atoms with Gasteiger partial charge in [-0.1, -0.05) is 49.3 Å². The molecule has 0 saturated carbocycles. The number of aliphatic hydroxyl groups is 1. The van der Waals surface area contributed by atoms with Gasteiger partial charge in [0, 0.05) is 12.6 Å². The Bertz CT molecular complexity index is 657. The number of carbonyl (C=O) groups is 1. The predicted octanol–water partition coefficient (Wildman–Crippen LogP) is 2.43. The first kappa shape index (κ1) is 18.9. The van der Waals surface area contributed by atoms with Crippen LogP contribution in [0.5, 0.6) is 0 Å². The first-order chi connectivity index (χ1) is 12.0. The average molecular weight is 346 g/mol. The summed E-state index contributed by atoms with van der Waals surface area (Å²) in [6, 6.07) is 9.07. The van der Waals surface area contributed by atoms with Crippen LogP contribution in [0.2, 0.25) is 0 Å². The van der Waals surface area contributed by atoms with Crippen LogP contribution in [0.3, 0.4) is 0 Å². The van der Waals surface area contributed by atoms with Gasteiger partial charge in [0.1, 0.15) is 0 Å². The van der Waals surface area contributed by atoms with Crippen molar-refractivity contribution < 1.29 is 14.4 Å². The van der Waals surface area contributed by atoms with Crippen molar-refractivity contribution in [1.82, 2.24) is 20.8 Å². The Labute approximate surface area is 147 Å². The number of hydrogen-bond donors (Lipinski definition) is 3. The molecule has 2 atom stereocenters. The highest BCUT2D eigenvalue weighted by Crippen LogP contribution is 2.12. The summed E-state index contributed by atoms with van der Waals surface area (Å²) in [7, 11) is 0. The molecular weight excluding hydrogens is 320 g/mol. The highest BCUT2D eigenvalue weighted by Gasteiger charge is 2.19. The van der Waals surface area contributed by atoms with Crippen LogP contribution < -0.4 is 10.6 Å². The molecule has 7 heteroatoms. The Morgan fingerprint density at radius 2 is 1.92 bits per heavy atom. The minimum Gasteiger partial charge on any atom is -0.396 e. The third-order valence-electron chi connectivity index (χ3n) is 3.98. The Balaban J connectivity index is 1.90. The summed E-state index contributed by atoms with van der Waals surface area (Å²) in [5, 5.41) is 18.7. The number of aromatic nitrogens is 2. The summed E-state index contributed by atoms with van der Waals surface area (Å²) < 4.78 is 5.26. The van der Waals surface area contributed by atoms with E-state index in [0.717, 1.165) is 5.56 Å². The van der Waals surface area contributed by atoms with Gasteiger partial charge in [0.25, 0.3) is 0 Å². The van der Waals surface area contributed by atoms with Gasteiger partial charge in [-0.2, -0.15) is 4.98 Å². The van der Waals surface area contributed by atoms with Crippen LogP contribution in [0.15, 0.2) is 34.9 Å². The number of urea groups is 1. The molecule has 2 amide bonds. The molecule has 3 N–H and O–H groups in total. The summed E-state index contributed by atoms with van der Waals surface area (Å²) in [6.45, 7) is 5.83. The molecule has 136 valence electrons. The van der Waals surface area contributed by atoms with E-state index in [1.807, 2.05) is 44.2 Å². The zero-order valence-electron chi connectivity index (χ0n) is 14.9. The van der Waals surface area contributed by atoms with E-state index >= 15 is 0 Å². The highest BCUT2D eigenvalue weighted by molar-refractivity contribution is 5.74. The number of nitrogens with zero attached hydrogens (tertiary/aromatic N) is 2. The minimum atomic E-state index is -0.379. The molecule has 2 unspecified atom stereocenters. The van der Waals surface area contributed by atoms with Gasteiger partial charge in [0.05, 0.1) is 12.5 Å². The standard InChI is InChI=1S/C18H26N4O3/c1-12(2)15(9-10-23)20-18(24)19-13(3)17-21-16(25-22-17)11-14-7-5-4-6-8-14/h4-8,12-13,15,23H,9-11H2,1-3H3,(H2,19,20,24). The van der Waals surface area contributed by atoms with Crippen molar-refractivity contribution in [2.24, 2.45) is 5.92 Å². The Hall–Kier alpha value is -2.41. The highest BCUT2D eigenvalue weighted by atomic mass is 16.5. The van der Waals surface area contributed by atoms with Crippen molar-refractivity contribution in [1.29, 1.82) is 0 Å². The number of amides is 2. The molecule has 0 radical (unpaired) electrons. The molecular formula is C18H26N4O3. The number of benzene rings is 1. The van der Waals surface area contributed by atoms with E-state index in [4.69, 9.17) is 9.63 Å². The summed E-state index contributed by atoms with van der Waals surface area (Å²) in [5.74, 6) is 1.18. The summed E-state index contributed by atoms with van der Waals surface area (Å²) in [4.78, 5) is 16.5. The van der Waals surface area contributed by atoms with Gasteiger partial charge in [-0.3, -0.25) is 0 Å². The predicted molar refractivity (Wildman–Crippen MR) is 94.0 cm³/mol. The van der Waals surface area contributed by atoms with Crippen LogP contribution in [0, 0.1) is 5.92 Å². The third-order valence-corrected chi connectivity index (χ3v) is 3.98.